The highest BCUT2D eigenvalue weighted by molar-refractivity contribution is 6.14. The second kappa shape index (κ2) is 4.82. The van der Waals surface area contributed by atoms with Crippen molar-refractivity contribution in [1.82, 2.24) is 5.32 Å². The Hall–Kier alpha value is -3.02. The highest BCUT2D eigenvalue weighted by atomic mass is 16.3. The third kappa shape index (κ3) is 2.16. The monoisotopic (exact) mass is 285 g/mol. The lowest BCUT2D eigenvalue weighted by Gasteiger charge is -2.13. The van der Waals surface area contributed by atoms with Crippen molar-refractivity contribution in [1.29, 1.82) is 0 Å². The molecule has 1 aliphatic rings. The van der Waals surface area contributed by atoms with Crippen LogP contribution in [0.5, 0.6) is 5.75 Å². The number of benzene rings is 1. The number of phenols is 1. The fourth-order valence-electron chi connectivity index (χ4n) is 2.23. The predicted octanol–water partition coefficient (Wildman–Crippen LogP) is 1.85. The first-order valence-electron chi connectivity index (χ1n) is 6.19. The SMILES string of the molecule is O=C1N[C@@H](c2ccc(O)cc2)C(C(=O)c2ccco2)=C1O. The van der Waals surface area contributed by atoms with Gasteiger partial charge in [0.15, 0.2) is 11.5 Å². The molecule has 1 atom stereocenters. The molecule has 0 unspecified atom stereocenters. The van der Waals surface area contributed by atoms with Crippen LogP contribution < -0.4 is 5.32 Å². The van der Waals surface area contributed by atoms with Gasteiger partial charge in [-0.1, -0.05) is 12.1 Å². The van der Waals surface area contributed by atoms with Crippen LogP contribution in [0.2, 0.25) is 0 Å². The fraction of sp³-hybridized carbons (Fsp3) is 0.0667. The van der Waals surface area contributed by atoms with Crippen molar-refractivity contribution >= 4 is 11.7 Å². The van der Waals surface area contributed by atoms with Gasteiger partial charge in [-0.2, -0.15) is 0 Å². The summed E-state index contributed by atoms with van der Waals surface area (Å²) in [5.41, 5.74) is 0.501. The zero-order valence-corrected chi connectivity index (χ0v) is 10.7. The predicted molar refractivity (Wildman–Crippen MR) is 71.7 cm³/mol. The van der Waals surface area contributed by atoms with Crippen molar-refractivity contribution in [3.63, 3.8) is 0 Å². The molecule has 6 nitrogen and oxygen atoms in total. The van der Waals surface area contributed by atoms with Gasteiger partial charge in [0.2, 0.25) is 5.78 Å². The first-order chi connectivity index (χ1) is 10.1. The molecule has 0 saturated heterocycles. The molecule has 3 N–H and O–H groups in total. The van der Waals surface area contributed by atoms with Gasteiger partial charge >= 0.3 is 0 Å². The molecule has 0 bridgehead atoms. The van der Waals surface area contributed by atoms with Crippen LogP contribution in [0.25, 0.3) is 0 Å². The van der Waals surface area contributed by atoms with Crippen molar-refractivity contribution in [2.45, 2.75) is 6.04 Å². The lowest BCUT2D eigenvalue weighted by molar-refractivity contribution is -0.119. The zero-order valence-electron chi connectivity index (χ0n) is 10.7. The van der Waals surface area contributed by atoms with E-state index in [0.717, 1.165) is 0 Å². The van der Waals surface area contributed by atoms with Gasteiger partial charge in [0, 0.05) is 0 Å². The van der Waals surface area contributed by atoms with Gasteiger partial charge < -0.3 is 19.9 Å². The van der Waals surface area contributed by atoms with E-state index in [-0.39, 0.29) is 17.1 Å². The van der Waals surface area contributed by atoms with Gasteiger partial charge in [0.25, 0.3) is 5.91 Å². The third-order valence-corrected chi connectivity index (χ3v) is 3.25. The normalized spacial score (nSPS) is 17.9. The number of aliphatic hydroxyl groups is 1. The topological polar surface area (TPSA) is 99.8 Å². The molecule has 106 valence electrons. The van der Waals surface area contributed by atoms with Gasteiger partial charge in [-0.15, -0.1) is 0 Å². The molecule has 1 amide bonds. The standard InChI is InChI=1S/C15H11NO5/c17-9-5-3-8(4-6-9)12-11(14(19)15(20)16-12)13(18)10-2-1-7-21-10/h1-7,12,17,19H,(H,16,20)/t12-/m0/s1. The average Bonchev–Trinajstić information content (AvgIpc) is 3.09. The molecular weight excluding hydrogens is 274 g/mol. The van der Waals surface area contributed by atoms with Gasteiger partial charge in [-0.25, -0.2) is 0 Å². The van der Waals surface area contributed by atoms with Crippen LogP contribution in [-0.2, 0) is 4.79 Å². The number of phenolic OH excluding ortho intramolecular Hbond substituents is 1. The summed E-state index contributed by atoms with van der Waals surface area (Å²) in [5.74, 6) is -1.79. The smallest absolute Gasteiger partial charge is 0.287 e. The Bertz CT molecular complexity index is 728. The number of ketones is 1. The fourth-order valence-corrected chi connectivity index (χ4v) is 2.23. The Kier molecular flexibility index (Phi) is 2.98. The number of rotatable bonds is 3. The van der Waals surface area contributed by atoms with Crippen molar-refractivity contribution in [2.75, 3.05) is 0 Å². The number of hydrogen-bond donors (Lipinski definition) is 3. The molecular formula is C15H11NO5. The van der Waals surface area contributed by atoms with Crippen molar-refractivity contribution in [2.24, 2.45) is 0 Å². The first kappa shape index (κ1) is 13.0. The van der Waals surface area contributed by atoms with Crippen LogP contribution in [0.1, 0.15) is 22.2 Å². The number of aromatic hydroxyl groups is 1. The third-order valence-electron chi connectivity index (χ3n) is 3.25. The summed E-state index contributed by atoms with van der Waals surface area (Å²) in [7, 11) is 0. The van der Waals surface area contributed by atoms with E-state index >= 15 is 0 Å². The van der Waals surface area contributed by atoms with Crippen LogP contribution in [0.3, 0.4) is 0 Å². The summed E-state index contributed by atoms with van der Waals surface area (Å²) in [6.07, 6.45) is 1.34. The van der Waals surface area contributed by atoms with Crippen molar-refractivity contribution < 1.29 is 24.2 Å². The summed E-state index contributed by atoms with van der Waals surface area (Å²) >= 11 is 0. The van der Waals surface area contributed by atoms with Gasteiger partial charge in [0.05, 0.1) is 17.9 Å². The molecule has 0 fully saturated rings. The summed E-state index contributed by atoms with van der Waals surface area (Å²) < 4.78 is 5.02. The lowest BCUT2D eigenvalue weighted by Crippen LogP contribution is -2.23. The molecule has 6 heteroatoms. The molecule has 0 radical (unpaired) electrons. The van der Waals surface area contributed by atoms with Gasteiger partial charge in [-0.05, 0) is 29.8 Å². The highest BCUT2D eigenvalue weighted by Gasteiger charge is 2.38. The molecule has 1 aromatic carbocycles. The van der Waals surface area contributed by atoms with Crippen molar-refractivity contribution in [3.05, 3.63) is 65.3 Å². The molecule has 1 aromatic heterocycles. The van der Waals surface area contributed by atoms with E-state index in [1.54, 1.807) is 18.2 Å². The van der Waals surface area contributed by atoms with Crippen LogP contribution in [0, 0.1) is 0 Å². The summed E-state index contributed by atoms with van der Waals surface area (Å²) in [5, 5.41) is 21.7. The van der Waals surface area contributed by atoms with E-state index < -0.39 is 23.5 Å². The van der Waals surface area contributed by atoms with Crippen LogP contribution in [0.15, 0.2) is 58.4 Å². The highest BCUT2D eigenvalue weighted by Crippen LogP contribution is 2.32. The number of furan rings is 1. The maximum Gasteiger partial charge on any atom is 0.287 e. The first-order valence-corrected chi connectivity index (χ1v) is 6.19. The molecule has 2 aromatic rings. The van der Waals surface area contributed by atoms with E-state index in [1.165, 1.54) is 24.5 Å². The molecule has 0 spiro atoms. The second-order valence-corrected chi connectivity index (χ2v) is 4.57. The summed E-state index contributed by atoms with van der Waals surface area (Å²) in [4.78, 5) is 24.0. The Morgan fingerprint density at radius 3 is 2.48 bits per heavy atom. The maximum atomic E-state index is 12.4. The number of carbonyl (C=O) groups excluding carboxylic acids is 2. The summed E-state index contributed by atoms with van der Waals surface area (Å²) in [6, 6.07) is 8.22. The number of nitrogens with one attached hydrogen (secondary N) is 1. The minimum absolute atomic E-state index is 0.0387. The molecule has 1 aliphatic heterocycles. The number of carbonyl (C=O) groups is 2. The van der Waals surface area contributed by atoms with Crippen LogP contribution in [-0.4, -0.2) is 21.9 Å². The Labute approximate surface area is 119 Å². The average molecular weight is 285 g/mol. The van der Waals surface area contributed by atoms with Crippen LogP contribution in [0.4, 0.5) is 0 Å². The van der Waals surface area contributed by atoms with E-state index in [0.29, 0.717) is 5.56 Å². The molecule has 0 saturated carbocycles. The Balaban J connectivity index is 2.03. The van der Waals surface area contributed by atoms with Gasteiger partial charge in [0.1, 0.15) is 5.75 Å². The van der Waals surface area contributed by atoms with E-state index in [2.05, 4.69) is 5.32 Å². The largest absolute Gasteiger partial charge is 0.508 e. The minimum Gasteiger partial charge on any atom is -0.508 e. The zero-order chi connectivity index (χ0) is 15.0. The van der Waals surface area contributed by atoms with Gasteiger partial charge in [-0.3, -0.25) is 9.59 Å². The second-order valence-electron chi connectivity index (χ2n) is 4.57. The van der Waals surface area contributed by atoms with Crippen molar-refractivity contribution in [3.8, 4) is 5.75 Å². The Morgan fingerprint density at radius 2 is 1.86 bits per heavy atom. The Morgan fingerprint density at radius 1 is 1.14 bits per heavy atom. The number of amides is 1. The van der Waals surface area contributed by atoms with E-state index in [9.17, 15) is 19.8 Å². The quantitative estimate of drug-likeness (QED) is 0.747. The summed E-state index contributed by atoms with van der Waals surface area (Å²) in [6.45, 7) is 0. The number of hydrogen-bond acceptors (Lipinski definition) is 5. The van der Waals surface area contributed by atoms with E-state index in [4.69, 9.17) is 4.42 Å². The maximum absolute atomic E-state index is 12.4. The van der Waals surface area contributed by atoms with Crippen LogP contribution >= 0.6 is 0 Å². The molecule has 0 aliphatic carbocycles. The number of Topliss-reactive ketones (excluding diaryl/α,β-unsaturated/α-hetero) is 1. The molecule has 21 heavy (non-hydrogen) atoms. The minimum atomic E-state index is -0.782. The molecule has 3 rings (SSSR count). The molecule has 2 heterocycles. The number of aliphatic hydroxyl groups excluding tert-OH is 1. The van der Waals surface area contributed by atoms with E-state index in [1.807, 2.05) is 0 Å². The lowest BCUT2D eigenvalue weighted by atomic mass is 9.96.